The summed E-state index contributed by atoms with van der Waals surface area (Å²) in [4.78, 5) is 17.5. The van der Waals surface area contributed by atoms with Crippen molar-refractivity contribution in [2.75, 3.05) is 24.6 Å². The van der Waals surface area contributed by atoms with Crippen LogP contribution >= 0.6 is 0 Å². The molecule has 0 unspecified atom stereocenters. The molecule has 1 amide bonds. The Kier molecular flexibility index (Phi) is 5.64. The molecule has 0 radical (unpaired) electrons. The number of pyridine rings is 1. The van der Waals surface area contributed by atoms with Crippen LogP contribution < -0.4 is 15.0 Å². The number of nitrogens with zero attached hydrogens (tertiary/aromatic N) is 2. The summed E-state index contributed by atoms with van der Waals surface area (Å²) in [6, 6.07) is 3.13. The topological polar surface area (TPSA) is 63.7 Å². The molecular formula is C16H22F3N3O3. The Hall–Kier alpha value is -2.19. The zero-order valence-corrected chi connectivity index (χ0v) is 14.4. The van der Waals surface area contributed by atoms with Crippen molar-refractivity contribution in [2.24, 2.45) is 0 Å². The first-order valence-corrected chi connectivity index (χ1v) is 7.91. The van der Waals surface area contributed by atoms with Gasteiger partial charge in [-0.05, 0) is 26.8 Å². The third-order valence-corrected chi connectivity index (χ3v) is 3.36. The summed E-state index contributed by atoms with van der Waals surface area (Å²) >= 11 is 0. The molecule has 2 rings (SSSR count). The van der Waals surface area contributed by atoms with Crippen molar-refractivity contribution >= 4 is 11.8 Å². The van der Waals surface area contributed by atoms with Gasteiger partial charge in [0.2, 0.25) is 5.88 Å². The van der Waals surface area contributed by atoms with E-state index in [2.05, 4.69) is 15.0 Å². The Morgan fingerprint density at radius 3 is 2.76 bits per heavy atom. The molecule has 1 atom stereocenters. The molecule has 0 bridgehead atoms. The number of halogens is 3. The molecule has 0 spiro atoms. The number of carbonyl (C=O) groups is 1. The molecule has 140 valence electrons. The number of anilines is 1. The van der Waals surface area contributed by atoms with E-state index in [0.29, 0.717) is 25.2 Å². The van der Waals surface area contributed by atoms with E-state index in [1.807, 2.05) is 25.7 Å². The monoisotopic (exact) mass is 361 g/mol. The molecule has 0 aliphatic carbocycles. The Morgan fingerprint density at radius 2 is 2.12 bits per heavy atom. The van der Waals surface area contributed by atoms with Crippen LogP contribution in [0.4, 0.5) is 23.7 Å². The molecule has 1 aromatic heterocycles. The van der Waals surface area contributed by atoms with Crippen LogP contribution in [-0.2, 0) is 4.74 Å². The highest BCUT2D eigenvalue weighted by molar-refractivity contribution is 5.68. The van der Waals surface area contributed by atoms with Gasteiger partial charge in [0.25, 0.3) is 0 Å². The molecule has 1 N–H and O–H groups in total. The molecule has 1 aliphatic rings. The van der Waals surface area contributed by atoms with Gasteiger partial charge in [0.05, 0.1) is 6.54 Å². The van der Waals surface area contributed by atoms with Crippen LogP contribution in [0.3, 0.4) is 0 Å². The van der Waals surface area contributed by atoms with Crippen molar-refractivity contribution in [3.8, 4) is 5.88 Å². The SMILES string of the molecule is CC(C)(C)NC(=O)O[C@@H]1CCN(c2ccnc(OCC(F)(F)F)c2)C1. The van der Waals surface area contributed by atoms with Gasteiger partial charge in [0, 0.05) is 36.5 Å². The highest BCUT2D eigenvalue weighted by Crippen LogP contribution is 2.25. The maximum absolute atomic E-state index is 12.2. The van der Waals surface area contributed by atoms with Gasteiger partial charge in [-0.15, -0.1) is 0 Å². The van der Waals surface area contributed by atoms with Crippen LogP contribution in [-0.4, -0.2) is 48.6 Å². The first-order chi connectivity index (χ1) is 11.5. The quantitative estimate of drug-likeness (QED) is 0.893. The van der Waals surface area contributed by atoms with E-state index in [1.54, 1.807) is 6.07 Å². The molecule has 1 aliphatic heterocycles. The lowest BCUT2D eigenvalue weighted by molar-refractivity contribution is -0.154. The second kappa shape index (κ2) is 7.37. The van der Waals surface area contributed by atoms with Crippen LogP contribution in [0, 0.1) is 0 Å². The average Bonchev–Trinajstić information content (AvgIpc) is 2.91. The van der Waals surface area contributed by atoms with Gasteiger partial charge >= 0.3 is 12.3 Å². The van der Waals surface area contributed by atoms with Gasteiger partial charge in [-0.25, -0.2) is 9.78 Å². The Labute approximate surface area is 144 Å². The second-order valence-electron chi connectivity index (χ2n) is 6.89. The lowest BCUT2D eigenvalue weighted by atomic mass is 10.1. The molecule has 9 heteroatoms. The van der Waals surface area contributed by atoms with Crippen LogP contribution in [0.2, 0.25) is 0 Å². The predicted molar refractivity (Wildman–Crippen MR) is 85.8 cm³/mol. The highest BCUT2D eigenvalue weighted by Gasteiger charge is 2.30. The third-order valence-electron chi connectivity index (χ3n) is 3.36. The summed E-state index contributed by atoms with van der Waals surface area (Å²) in [6.07, 6.45) is -3.15. The van der Waals surface area contributed by atoms with Crippen molar-refractivity contribution < 1.29 is 27.4 Å². The summed E-state index contributed by atoms with van der Waals surface area (Å²) < 4.78 is 46.7. The van der Waals surface area contributed by atoms with Crippen LogP contribution in [0.25, 0.3) is 0 Å². The molecule has 0 aromatic carbocycles. The van der Waals surface area contributed by atoms with Crippen LogP contribution in [0.1, 0.15) is 27.2 Å². The molecular weight excluding hydrogens is 339 g/mol. The average molecular weight is 361 g/mol. The van der Waals surface area contributed by atoms with Gasteiger partial charge in [0.1, 0.15) is 6.10 Å². The van der Waals surface area contributed by atoms with Crippen molar-refractivity contribution in [3.63, 3.8) is 0 Å². The number of aromatic nitrogens is 1. The number of amides is 1. The van der Waals surface area contributed by atoms with Crippen LogP contribution in [0.5, 0.6) is 5.88 Å². The number of rotatable bonds is 4. The standard InChI is InChI=1S/C16H22F3N3O3/c1-15(2,3)21-14(23)25-12-5-7-22(9-12)11-4-6-20-13(8-11)24-10-16(17,18)19/h4,6,8,12H,5,7,9-10H2,1-3H3,(H,21,23)/t12-/m1/s1. The minimum absolute atomic E-state index is 0.0929. The number of carbonyl (C=O) groups excluding carboxylic acids is 1. The smallest absolute Gasteiger partial charge is 0.422 e. The summed E-state index contributed by atoms with van der Waals surface area (Å²) in [5, 5.41) is 2.72. The summed E-state index contributed by atoms with van der Waals surface area (Å²) in [6.45, 7) is 5.26. The zero-order valence-electron chi connectivity index (χ0n) is 14.4. The number of alkyl halides is 3. The Morgan fingerprint density at radius 1 is 1.40 bits per heavy atom. The van der Waals surface area contributed by atoms with Crippen LogP contribution in [0.15, 0.2) is 18.3 Å². The summed E-state index contributed by atoms with van der Waals surface area (Å²) in [7, 11) is 0. The van der Waals surface area contributed by atoms with E-state index in [4.69, 9.17) is 4.74 Å². The van der Waals surface area contributed by atoms with Crippen molar-refractivity contribution in [3.05, 3.63) is 18.3 Å². The van der Waals surface area contributed by atoms with Gasteiger partial charge < -0.3 is 19.7 Å². The van der Waals surface area contributed by atoms with Crippen molar-refractivity contribution in [2.45, 2.75) is 45.0 Å². The van der Waals surface area contributed by atoms with E-state index in [0.717, 1.165) is 0 Å². The fourth-order valence-electron chi connectivity index (χ4n) is 2.38. The maximum atomic E-state index is 12.2. The van der Waals surface area contributed by atoms with Gasteiger partial charge in [-0.1, -0.05) is 0 Å². The lowest BCUT2D eigenvalue weighted by Crippen LogP contribution is -2.42. The molecule has 1 aromatic rings. The van der Waals surface area contributed by atoms with Crippen molar-refractivity contribution in [1.82, 2.24) is 10.3 Å². The number of hydrogen-bond donors (Lipinski definition) is 1. The van der Waals surface area contributed by atoms with Gasteiger partial charge in [-0.3, -0.25) is 0 Å². The lowest BCUT2D eigenvalue weighted by Gasteiger charge is -2.22. The van der Waals surface area contributed by atoms with E-state index < -0.39 is 18.9 Å². The van der Waals surface area contributed by atoms with E-state index in [1.165, 1.54) is 12.3 Å². The van der Waals surface area contributed by atoms with E-state index >= 15 is 0 Å². The fourth-order valence-corrected chi connectivity index (χ4v) is 2.38. The number of hydrogen-bond acceptors (Lipinski definition) is 5. The minimum Gasteiger partial charge on any atom is -0.468 e. The highest BCUT2D eigenvalue weighted by atomic mass is 19.4. The molecule has 25 heavy (non-hydrogen) atoms. The summed E-state index contributed by atoms with van der Waals surface area (Å²) in [5.41, 5.74) is 0.292. The molecule has 1 fully saturated rings. The zero-order chi connectivity index (χ0) is 18.7. The Bertz CT molecular complexity index is 602. The number of ether oxygens (including phenoxy) is 2. The van der Waals surface area contributed by atoms with Gasteiger partial charge in [-0.2, -0.15) is 13.2 Å². The first-order valence-electron chi connectivity index (χ1n) is 7.91. The van der Waals surface area contributed by atoms with Crippen molar-refractivity contribution in [1.29, 1.82) is 0 Å². The fraction of sp³-hybridized carbons (Fsp3) is 0.625. The van der Waals surface area contributed by atoms with E-state index in [-0.39, 0.29) is 17.5 Å². The largest absolute Gasteiger partial charge is 0.468 e. The number of nitrogens with one attached hydrogen (secondary N) is 1. The van der Waals surface area contributed by atoms with E-state index in [9.17, 15) is 18.0 Å². The third kappa shape index (κ3) is 6.67. The van der Waals surface area contributed by atoms with Gasteiger partial charge in [0.15, 0.2) is 6.61 Å². The Balaban J connectivity index is 1.90. The number of alkyl carbamates (subject to hydrolysis) is 1. The molecule has 0 saturated carbocycles. The predicted octanol–water partition coefficient (Wildman–Crippen LogP) is 3.13. The second-order valence-corrected chi connectivity index (χ2v) is 6.89. The molecule has 6 nitrogen and oxygen atoms in total. The summed E-state index contributed by atoms with van der Waals surface area (Å²) in [5.74, 6) is -0.0929. The molecule has 2 heterocycles. The molecule has 1 saturated heterocycles. The minimum atomic E-state index is -4.41. The maximum Gasteiger partial charge on any atom is 0.422 e. The normalized spacial score (nSPS) is 18.2. The first kappa shape index (κ1) is 19.1.